The Morgan fingerprint density at radius 2 is 1.64 bits per heavy atom. The maximum absolute atomic E-state index is 14.1. The second-order valence-electron chi connectivity index (χ2n) is 9.31. The molecule has 1 amide bonds. The Hall–Kier alpha value is -3.41. The number of hydrogen-bond donors (Lipinski definition) is 4. The van der Waals surface area contributed by atoms with Crippen LogP contribution in [0, 0.1) is 23.4 Å². The number of nitrogens with one attached hydrogen (secondary N) is 1. The van der Waals surface area contributed by atoms with Crippen LogP contribution in [0.5, 0.6) is 0 Å². The summed E-state index contributed by atoms with van der Waals surface area (Å²) < 4.78 is 43.1. The normalized spacial score (nSPS) is 20.6. The van der Waals surface area contributed by atoms with E-state index in [1.54, 1.807) is 4.57 Å². The highest BCUT2D eigenvalue weighted by molar-refractivity contribution is 5.77. The fraction of sp³-hybridized carbons (Fsp3) is 0.500. The molecule has 9 nitrogen and oxygen atoms in total. The highest BCUT2D eigenvalue weighted by Crippen LogP contribution is 2.35. The van der Waals surface area contributed by atoms with Crippen LogP contribution in [0.1, 0.15) is 63.8 Å². The van der Waals surface area contributed by atoms with Crippen molar-refractivity contribution < 1.29 is 23.1 Å². The standard InChI is InChI=1S/C17H17F3N6O.C7H13NO/c18-8-5-11(19)14(12(20)6-8)24-17-23-13-7-22-16(21)25-15(13)26(17)9-1-3-10(27)4-2-9;8-7(9)6-4-2-1-3-5-6/h5-7,9-10,27H,1-4H2,(H,23,24)(H2,21,22,25);6H,1-5H2,(H2,8,9). The van der Waals surface area contributed by atoms with E-state index in [9.17, 15) is 23.1 Å². The van der Waals surface area contributed by atoms with Crippen LogP contribution < -0.4 is 16.8 Å². The number of benzene rings is 1. The van der Waals surface area contributed by atoms with E-state index in [0.29, 0.717) is 49.0 Å². The minimum absolute atomic E-state index is 0.0465. The summed E-state index contributed by atoms with van der Waals surface area (Å²) in [7, 11) is 0. The van der Waals surface area contributed by atoms with Crippen LogP contribution in [0.2, 0.25) is 0 Å². The van der Waals surface area contributed by atoms with Crippen molar-refractivity contribution in [3.8, 4) is 0 Å². The summed E-state index contributed by atoms with van der Waals surface area (Å²) in [5.74, 6) is -2.87. The number of nitrogen functional groups attached to an aromatic ring is 1. The molecule has 3 aromatic rings. The van der Waals surface area contributed by atoms with E-state index in [-0.39, 0.29) is 35.9 Å². The molecule has 0 aliphatic heterocycles. The first-order valence-corrected chi connectivity index (χ1v) is 12.1. The molecule has 2 saturated carbocycles. The van der Waals surface area contributed by atoms with Crippen molar-refractivity contribution in [2.24, 2.45) is 11.7 Å². The van der Waals surface area contributed by atoms with Gasteiger partial charge in [-0.25, -0.2) is 23.1 Å². The van der Waals surface area contributed by atoms with Gasteiger partial charge in [-0.15, -0.1) is 0 Å². The van der Waals surface area contributed by atoms with Crippen LogP contribution in [0.25, 0.3) is 11.2 Å². The Labute approximate surface area is 206 Å². The maximum atomic E-state index is 14.1. The number of rotatable bonds is 4. The van der Waals surface area contributed by atoms with E-state index in [2.05, 4.69) is 20.3 Å². The fourth-order valence-corrected chi connectivity index (χ4v) is 4.82. The molecule has 2 heterocycles. The van der Waals surface area contributed by atoms with Gasteiger partial charge in [0.15, 0.2) is 17.3 Å². The van der Waals surface area contributed by atoms with E-state index in [1.165, 1.54) is 25.5 Å². The van der Waals surface area contributed by atoms with Gasteiger partial charge in [0.05, 0.1) is 12.3 Å². The molecule has 2 fully saturated rings. The number of anilines is 3. The molecular weight excluding hydrogens is 475 g/mol. The second kappa shape index (κ2) is 11.1. The number of carbonyl (C=O) groups excluding carboxylic acids is 1. The molecule has 0 bridgehead atoms. The molecule has 2 aliphatic carbocycles. The molecule has 2 aromatic heterocycles. The van der Waals surface area contributed by atoms with Gasteiger partial charge in [0.1, 0.15) is 17.0 Å². The summed E-state index contributed by atoms with van der Waals surface area (Å²) in [6, 6.07) is 1.09. The number of aliphatic hydroxyl groups excluding tert-OH is 1. The second-order valence-corrected chi connectivity index (χ2v) is 9.31. The lowest BCUT2D eigenvalue weighted by Gasteiger charge is -2.28. The molecule has 0 unspecified atom stereocenters. The van der Waals surface area contributed by atoms with Crippen LogP contribution in [0.15, 0.2) is 18.3 Å². The summed E-state index contributed by atoms with van der Waals surface area (Å²) in [6.45, 7) is 0. The largest absolute Gasteiger partial charge is 0.393 e. The molecule has 6 N–H and O–H groups in total. The number of amides is 1. The van der Waals surface area contributed by atoms with Gasteiger partial charge in [-0.05, 0) is 38.5 Å². The molecule has 36 heavy (non-hydrogen) atoms. The summed E-state index contributed by atoms with van der Waals surface area (Å²) in [5, 5.41) is 12.4. The van der Waals surface area contributed by atoms with Crippen LogP contribution >= 0.6 is 0 Å². The van der Waals surface area contributed by atoms with Gasteiger partial charge in [-0.2, -0.15) is 4.98 Å². The summed E-state index contributed by atoms with van der Waals surface area (Å²) in [4.78, 5) is 23.0. The third kappa shape index (κ3) is 5.86. The lowest BCUT2D eigenvalue weighted by molar-refractivity contribution is -0.122. The van der Waals surface area contributed by atoms with Gasteiger partial charge in [0, 0.05) is 24.1 Å². The molecule has 0 radical (unpaired) electrons. The highest BCUT2D eigenvalue weighted by Gasteiger charge is 2.27. The van der Waals surface area contributed by atoms with Crippen molar-refractivity contribution in [3.63, 3.8) is 0 Å². The molecule has 0 spiro atoms. The molecule has 12 heteroatoms. The number of primary amides is 1. The van der Waals surface area contributed by atoms with Crippen molar-refractivity contribution in [1.82, 2.24) is 19.5 Å². The predicted molar refractivity (Wildman–Crippen MR) is 129 cm³/mol. The third-order valence-electron chi connectivity index (χ3n) is 6.73. The maximum Gasteiger partial charge on any atom is 0.222 e. The molecular formula is C24H30F3N7O2. The number of aromatic nitrogens is 4. The lowest BCUT2D eigenvalue weighted by Crippen LogP contribution is -2.24. The SMILES string of the molecule is NC(=O)C1CCCCC1.Nc1ncc2nc(Nc3c(F)cc(F)cc3F)n(C3CCC(O)CC3)c2n1. The Bertz CT molecular complexity index is 1200. The van der Waals surface area contributed by atoms with Crippen LogP contribution in [-0.4, -0.2) is 36.6 Å². The molecule has 0 saturated heterocycles. The summed E-state index contributed by atoms with van der Waals surface area (Å²) in [6.07, 6.45) is 9.20. The number of hydrogen-bond acceptors (Lipinski definition) is 7. The van der Waals surface area contributed by atoms with E-state index in [4.69, 9.17) is 11.5 Å². The molecule has 2 aliphatic rings. The Morgan fingerprint density at radius 3 is 2.22 bits per heavy atom. The first-order chi connectivity index (χ1) is 17.2. The molecule has 0 atom stereocenters. The zero-order chi connectivity index (χ0) is 25.8. The van der Waals surface area contributed by atoms with Crippen molar-refractivity contribution in [3.05, 3.63) is 35.8 Å². The van der Waals surface area contributed by atoms with Crippen molar-refractivity contribution in [1.29, 1.82) is 0 Å². The number of imidazole rings is 1. The van der Waals surface area contributed by atoms with Gasteiger partial charge < -0.3 is 21.9 Å². The number of fused-ring (bicyclic) bond motifs is 1. The zero-order valence-electron chi connectivity index (χ0n) is 19.8. The number of aliphatic hydroxyl groups is 1. The minimum Gasteiger partial charge on any atom is -0.393 e. The Morgan fingerprint density at radius 1 is 1.00 bits per heavy atom. The first kappa shape index (κ1) is 25.7. The number of carbonyl (C=O) groups is 1. The van der Waals surface area contributed by atoms with E-state index < -0.39 is 23.1 Å². The van der Waals surface area contributed by atoms with E-state index in [0.717, 1.165) is 12.8 Å². The molecule has 194 valence electrons. The monoisotopic (exact) mass is 505 g/mol. The van der Waals surface area contributed by atoms with Gasteiger partial charge in [-0.1, -0.05) is 19.3 Å². The predicted octanol–water partition coefficient (Wildman–Crippen LogP) is 4.10. The number of halogens is 3. The Kier molecular flexibility index (Phi) is 7.92. The quantitative estimate of drug-likeness (QED) is 0.418. The van der Waals surface area contributed by atoms with Gasteiger partial charge in [0.25, 0.3) is 0 Å². The third-order valence-corrected chi connectivity index (χ3v) is 6.73. The molecule has 5 rings (SSSR count). The molecule has 1 aromatic carbocycles. The van der Waals surface area contributed by atoms with Crippen molar-refractivity contribution >= 4 is 34.7 Å². The Balaban J connectivity index is 0.000000286. The summed E-state index contributed by atoms with van der Waals surface area (Å²) >= 11 is 0. The zero-order valence-corrected chi connectivity index (χ0v) is 19.8. The fourth-order valence-electron chi connectivity index (χ4n) is 4.82. The topological polar surface area (TPSA) is 145 Å². The van der Waals surface area contributed by atoms with Crippen LogP contribution in [0.4, 0.5) is 30.8 Å². The number of nitrogens with zero attached hydrogens (tertiary/aromatic N) is 4. The van der Waals surface area contributed by atoms with E-state index >= 15 is 0 Å². The van der Waals surface area contributed by atoms with Crippen molar-refractivity contribution in [2.45, 2.75) is 69.9 Å². The van der Waals surface area contributed by atoms with E-state index in [1.807, 2.05) is 0 Å². The van der Waals surface area contributed by atoms with Crippen LogP contribution in [-0.2, 0) is 4.79 Å². The summed E-state index contributed by atoms with van der Waals surface area (Å²) in [5.41, 5.74) is 11.1. The smallest absolute Gasteiger partial charge is 0.222 e. The van der Waals surface area contributed by atoms with Crippen LogP contribution in [0.3, 0.4) is 0 Å². The average Bonchev–Trinajstić information content (AvgIpc) is 3.20. The highest BCUT2D eigenvalue weighted by atomic mass is 19.1. The minimum atomic E-state index is -1.07. The van der Waals surface area contributed by atoms with Gasteiger partial charge in [0.2, 0.25) is 17.8 Å². The van der Waals surface area contributed by atoms with Gasteiger partial charge >= 0.3 is 0 Å². The first-order valence-electron chi connectivity index (χ1n) is 12.1. The lowest BCUT2D eigenvalue weighted by atomic mass is 9.89. The average molecular weight is 506 g/mol. The van der Waals surface area contributed by atoms with Crippen molar-refractivity contribution in [2.75, 3.05) is 11.1 Å². The van der Waals surface area contributed by atoms with Gasteiger partial charge in [-0.3, -0.25) is 9.36 Å². The number of nitrogens with two attached hydrogens (primary N) is 2.